The second-order valence-electron chi connectivity index (χ2n) is 16.8. The number of esters is 2. The number of aliphatic hydroxyl groups excluding tert-OH is 1. The molecule has 14 heteroatoms. The number of ether oxygens (including phenoxy) is 6. The van der Waals surface area contributed by atoms with Crippen molar-refractivity contribution in [2.24, 2.45) is 29.4 Å². The molecule has 52 heavy (non-hydrogen) atoms. The van der Waals surface area contributed by atoms with Crippen LogP contribution in [-0.4, -0.2) is 132 Å². The van der Waals surface area contributed by atoms with Crippen LogP contribution in [0.4, 0.5) is 4.79 Å². The first-order valence-corrected chi connectivity index (χ1v) is 18.9. The van der Waals surface area contributed by atoms with Gasteiger partial charge >= 0.3 is 18.0 Å². The maximum Gasteiger partial charge on any atom is 0.411 e. The van der Waals surface area contributed by atoms with Crippen molar-refractivity contribution < 1.29 is 52.7 Å². The summed E-state index contributed by atoms with van der Waals surface area (Å²) in [4.78, 5) is 58.9. The molecule has 3 aliphatic rings. The zero-order valence-corrected chi connectivity index (χ0v) is 34.0. The van der Waals surface area contributed by atoms with Crippen molar-refractivity contribution in [2.45, 2.75) is 167 Å². The lowest BCUT2D eigenvalue weighted by molar-refractivity contribution is -0.301. The number of ketones is 1. The molecule has 14 nitrogen and oxygen atoms in total. The zero-order chi connectivity index (χ0) is 39.7. The molecule has 3 fully saturated rings. The van der Waals surface area contributed by atoms with Gasteiger partial charge < -0.3 is 44.2 Å². The number of hydrogen-bond donors (Lipinski definition) is 2. The van der Waals surface area contributed by atoms with E-state index in [4.69, 9.17) is 34.2 Å². The molecule has 0 aromatic rings. The van der Waals surface area contributed by atoms with Gasteiger partial charge in [-0.25, -0.2) is 4.79 Å². The molecule has 300 valence electrons. The van der Waals surface area contributed by atoms with Crippen LogP contribution in [0.2, 0.25) is 0 Å². The van der Waals surface area contributed by atoms with Gasteiger partial charge in [-0.3, -0.25) is 19.3 Å². The van der Waals surface area contributed by atoms with Crippen molar-refractivity contribution >= 4 is 23.8 Å². The van der Waals surface area contributed by atoms with Crippen molar-refractivity contribution in [3.05, 3.63) is 0 Å². The van der Waals surface area contributed by atoms with Gasteiger partial charge in [0, 0.05) is 49.4 Å². The van der Waals surface area contributed by atoms with Gasteiger partial charge in [0.15, 0.2) is 11.9 Å². The first-order chi connectivity index (χ1) is 24.0. The lowest BCUT2D eigenvalue weighted by Gasteiger charge is -2.48. The van der Waals surface area contributed by atoms with Gasteiger partial charge in [-0.1, -0.05) is 34.6 Å². The van der Waals surface area contributed by atoms with Gasteiger partial charge in [-0.15, -0.1) is 0 Å². The molecule has 14 unspecified atom stereocenters. The van der Waals surface area contributed by atoms with Crippen molar-refractivity contribution in [3.63, 3.8) is 0 Å². The number of fused-ring (bicyclic) bond motifs is 1. The van der Waals surface area contributed by atoms with Crippen LogP contribution in [0, 0.1) is 23.7 Å². The molecule has 0 aromatic carbocycles. The number of nitrogens with zero attached hydrogens (tertiary/aromatic N) is 2. The Kier molecular flexibility index (Phi) is 14.4. The van der Waals surface area contributed by atoms with E-state index in [0.717, 1.165) is 0 Å². The van der Waals surface area contributed by atoms with E-state index in [2.05, 4.69) is 0 Å². The third kappa shape index (κ3) is 9.29. The monoisotopic (exact) mass is 741 g/mol. The SMILES string of the molecule is CCC(=O)OC1C(C)C(=O)OC(CC)C2(C)OC(=O)N(CC(C)(C)N)C2C(C)C(=O)C(C)CC(C)(OC)C(OC2OC(C)CC(N(C)C)C2O)C1C. The largest absolute Gasteiger partial charge is 0.461 e. The molecule has 3 rings (SSSR count). The highest BCUT2D eigenvalue weighted by Crippen LogP contribution is 2.44. The van der Waals surface area contributed by atoms with E-state index in [1.54, 1.807) is 62.3 Å². The number of nitrogens with two attached hydrogens (primary N) is 1. The summed E-state index contributed by atoms with van der Waals surface area (Å²) >= 11 is 0. The van der Waals surface area contributed by atoms with Crippen molar-refractivity contribution in [2.75, 3.05) is 27.7 Å². The minimum Gasteiger partial charge on any atom is -0.461 e. The number of likely N-dealkylation sites (N-methyl/N-ethyl adjacent to an activating group) is 1. The molecule has 0 spiro atoms. The molecule has 3 saturated heterocycles. The van der Waals surface area contributed by atoms with Crippen LogP contribution in [0.15, 0.2) is 0 Å². The van der Waals surface area contributed by atoms with Crippen LogP contribution in [0.25, 0.3) is 0 Å². The molecule has 14 atom stereocenters. The smallest absolute Gasteiger partial charge is 0.411 e. The van der Waals surface area contributed by atoms with Crippen LogP contribution < -0.4 is 5.73 Å². The van der Waals surface area contributed by atoms with Crippen LogP contribution >= 0.6 is 0 Å². The standard InChI is InChI=1S/C38H67N3O11/c1-15-26-38(11)31(41(35(46)52-38)19-36(8,9)39)22(5)28(43)20(3)18-37(10,47-14)32(51-34-29(44)25(40(12)13)17-21(4)48-34)23(6)30(50-27(42)16-2)24(7)33(45)49-26/h20-26,29-32,34,44H,15-19,39H2,1-14H3. The Morgan fingerprint density at radius 1 is 1.08 bits per heavy atom. The molecular weight excluding hydrogens is 674 g/mol. The molecule has 0 radical (unpaired) electrons. The van der Waals surface area contributed by atoms with Gasteiger partial charge in [0.05, 0.1) is 29.8 Å². The van der Waals surface area contributed by atoms with Gasteiger partial charge in [0.25, 0.3) is 0 Å². The minimum absolute atomic E-state index is 0.0502. The molecule has 0 saturated carbocycles. The number of cyclic esters (lactones) is 1. The number of amides is 1. The number of carbonyl (C=O) groups excluding carboxylic acids is 4. The number of aliphatic hydroxyl groups is 1. The Labute approximate surface area is 310 Å². The van der Waals surface area contributed by atoms with Crippen LogP contribution in [0.1, 0.15) is 102 Å². The first-order valence-electron chi connectivity index (χ1n) is 18.9. The third-order valence-corrected chi connectivity index (χ3v) is 11.5. The quantitative estimate of drug-likeness (QED) is 0.259. The maximum atomic E-state index is 14.6. The normalized spacial score (nSPS) is 41.2. The highest BCUT2D eigenvalue weighted by Gasteiger charge is 2.61. The summed E-state index contributed by atoms with van der Waals surface area (Å²) < 4.78 is 37.5. The summed E-state index contributed by atoms with van der Waals surface area (Å²) in [6.07, 6.45) is -5.05. The Morgan fingerprint density at radius 2 is 1.69 bits per heavy atom. The zero-order valence-electron chi connectivity index (χ0n) is 34.0. The van der Waals surface area contributed by atoms with Crippen molar-refractivity contribution in [1.82, 2.24) is 9.80 Å². The second-order valence-corrected chi connectivity index (χ2v) is 16.8. The molecule has 1 amide bonds. The summed E-state index contributed by atoms with van der Waals surface area (Å²) in [6.45, 7) is 19.5. The topological polar surface area (TPSA) is 176 Å². The number of rotatable bonds is 9. The predicted octanol–water partition coefficient (Wildman–Crippen LogP) is 3.68. The Hall–Kier alpha value is -2.36. The molecule has 3 aliphatic heterocycles. The average molecular weight is 742 g/mol. The summed E-state index contributed by atoms with van der Waals surface area (Å²) in [7, 11) is 5.27. The number of hydrogen-bond acceptors (Lipinski definition) is 13. The number of carbonyl (C=O) groups is 4. The molecule has 0 aromatic heterocycles. The Morgan fingerprint density at radius 3 is 2.21 bits per heavy atom. The summed E-state index contributed by atoms with van der Waals surface area (Å²) in [5.41, 5.74) is 2.92. The second kappa shape index (κ2) is 17.0. The van der Waals surface area contributed by atoms with E-state index in [9.17, 15) is 24.3 Å². The lowest BCUT2D eigenvalue weighted by atomic mass is 9.73. The highest BCUT2D eigenvalue weighted by molar-refractivity contribution is 5.85. The maximum absolute atomic E-state index is 14.6. The number of Topliss-reactive ketones (excluding diaryl/α,β-unsaturated/α-hetero) is 1. The number of methoxy groups -OCH3 is 1. The fraction of sp³-hybridized carbons (Fsp3) is 0.895. The summed E-state index contributed by atoms with van der Waals surface area (Å²) in [5.74, 6) is -4.56. The minimum atomic E-state index is -1.42. The molecule has 3 N–H and O–H groups in total. The lowest BCUT2D eigenvalue weighted by Crippen LogP contribution is -2.61. The molecule has 0 aliphatic carbocycles. The van der Waals surface area contributed by atoms with Gasteiger partial charge in [-0.05, 0) is 74.9 Å². The average Bonchev–Trinajstić information content (AvgIpc) is 3.31. The van der Waals surface area contributed by atoms with E-state index in [1.807, 2.05) is 32.8 Å². The first kappa shape index (κ1) is 44.0. The fourth-order valence-electron chi connectivity index (χ4n) is 8.67. The Balaban J connectivity index is 2.25. The van der Waals surface area contributed by atoms with Gasteiger partial charge in [0.2, 0.25) is 0 Å². The third-order valence-electron chi connectivity index (χ3n) is 11.5. The van der Waals surface area contributed by atoms with Crippen LogP contribution in [-0.2, 0) is 42.8 Å². The summed E-state index contributed by atoms with van der Waals surface area (Å²) in [6, 6.07) is -1.11. The van der Waals surface area contributed by atoms with Gasteiger partial charge in [-0.2, -0.15) is 0 Å². The summed E-state index contributed by atoms with van der Waals surface area (Å²) in [5, 5.41) is 11.5. The Bertz CT molecular complexity index is 1270. The van der Waals surface area contributed by atoms with E-state index < -0.39 is 95.2 Å². The van der Waals surface area contributed by atoms with E-state index >= 15 is 0 Å². The van der Waals surface area contributed by atoms with E-state index in [-0.39, 0.29) is 43.7 Å². The van der Waals surface area contributed by atoms with Crippen molar-refractivity contribution in [3.8, 4) is 0 Å². The van der Waals surface area contributed by atoms with E-state index in [0.29, 0.717) is 6.42 Å². The van der Waals surface area contributed by atoms with Crippen LogP contribution in [0.3, 0.4) is 0 Å². The van der Waals surface area contributed by atoms with Gasteiger partial charge in [0.1, 0.15) is 24.1 Å². The molecule has 3 heterocycles. The fourth-order valence-corrected chi connectivity index (χ4v) is 8.67. The molecule has 0 bridgehead atoms. The molecular formula is C38H67N3O11. The highest BCUT2D eigenvalue weighted by atomic mass is 16.7. The van der Waals surface area contributed by atoms with Crippen LogP contribution in [0.5, 0.6) is 0 Å². The predicted molar refractivity (Wildman–Crippen MR) is 193 cm³/mol. The van der Waals surface area contributed by atoms with Crippen molar-refractivity contribution in [1.29, 1.82) is 0 Å². The van der Waals surface area contributed by atoms with E-state index in [1.165, 1.54) is 12.0 Å².